The van der Waals surface area contributed by atoms with Crippen molar-refractivity contribution in [3.8, 4) is 0 Å². The lowest BCUT2D eigenvalue weighted by atomic mass is 10.1. The van der Waals surface area contributed by atoms with E-state index in [1.165, 1.54) is 0 Å². The number of allylic oxidation sites excluding steroid dienone is 1. The van der Waals surface area contributed by atoms with E-state index < -0.39 is 0 Å². The van der Waals surface area contributed by atoms with Crippen molar-refractivity contribution in [2.75, 3.05) is 0 Å². The normalized spacial score (nSPS) is 12.3. The zero-order valence-electron chi connectivity index (χ0n) is 6.58. The molecule has 58 valence electrons. The molecule has 0 N–H and O–H groups in total. The Morgan fingerprint density at radius 3 is 2.92 bits per heavy atom. The molecule has 1 heteroatoms. The molecular formula is C11H8O. The summed E-state index contributed by atoms with van der Waals surface area (Å²) in [7, 11) is 0. The van der Waals surface area contributed by atoms with E-state index in [9.17, 15) is 4.79 Å². The van der Waals surface area contributed by atoms with Crippen LogP contribution >= 0.6 is 0 Å². The van der Waals surface area contributed by atoms with E-state index in [4.69, 9.17) is 0 Å². The molecule has 1 nitrogen and oxygen atoms in total. The van der Waals surface area contributed by atoms with Gasteiger partial charge in [-0.15, -0.1) is 0 Å². The van der Waals surface area contributed by atoms with Crippen LogP contribution in [0.15, 0.2) is 18.2 Å². The highest BCUT2D eigenvalue weighted by atomic mass is 16.1. The Morgan fingerprint density at radius 2 is 2.17 bits per heavy atom. The van der Waals surface area contributed by atoms with Gasteiger partial charge in [-0.3, -0.25) is 4.79 Å². The van der Waals surface area contributed by atoms with Crippen LogP contribution in [-0.2, 0) is 0 Å². The number of carbonyl (C=O) groups excluding carboxylic acids is 1. The van der Waals surface area contributed by atoms with Crippen LogP contribution in [0.3, 0.4) is 0 Å². The number of hydrogen-bond acceptors (Lipinski definition) is 1. The summed E-state index contributed by atoms with van der Waals surface area (Å²) in [5, 5.41) is 2.04. The average Bonchev–Trinajstić information content (AvgIpc) is 2.52. The van der Waals surface area contributed by atoms with Crippen molar-refractivity contribution >= 4 is 25.0 Å². The van der Waals surface area contributed by atoms with Crippen LogP contribution in [0.4, 0.5) is 0 Å². The third kappa shape index (κ3) is 0.909. The first-order valence-electron chi connectivity index (χ1n) is 3.78. The maximum atomic E-state index is 10.5. The van der Waals surface area contributed by atoms with Crippen LogP contribution in [0.1, 0.15) is 15.9 Å². The minimum absolute atomic E-state index is 0.693. The number of hydrogen-bond donors (Lipinski definition) is 0. The van der Waals surface area contributed by atoms with Crippen molar-refractivity contribution in [3.63, 3.8) is 0 Å². The molecule has 0 bridgehead atoms. The van der Waals surface area contributed by atoms with Gasteiger partial charge in [-0.2, -0.15) is 0 Å². The lowest BCUT2D eigenvalue weighted by molar-refractivity contribution is 0.112. The van der Waals surface area contributed by atoms with Crippen LogP contribution in [0.5, 0.6) is 0 Å². The van der Waals surface area contributed by atoms with Gasteiger partial charge >= 0.3 is 0 Å². The predicted molar refractivity (Wildman–Crippen MR) is 50.1 cm³/mol. The van der Waals surface area contributed by atoms with Gasteiger partial charge in [-0.25, -0.2) is 0 Å². The molecule has 0 atom stereocenters. The number of carbonyl (C=O) groups is 1. The predicted octanol–water partition coefficient (Wildman–Crippen LogP) is 0.717. The molecular weight excluding hydrogens is 148 g/mol. The fourth-order valence-corrected chi connectivity index (χ4v) is 1.42. The fraction of sp³-hybridized carbons (Fsp3) is 0. The molecule has 1 aliphatic rings. The number of benzene rings is 1. The van der Waals surface area contributed by atoms with E-state index in [0.717, 1.165) is 22.3 Å². The van der Waals surface area contributed by atoms with Crippen molar-refractivity contribution in [3.05, 3.63) is 39.8 Å². The Hall–Kier alpha value is -1.63. The second kappa shape index (κ2) is 2.45. The van der Waals surface area contributed by atoms with Gasteiger partial charge in [-0.1, -0.05) is 24.8 Å². The van der Waals surface area contributed by atoms with Crippen molar-refractivity contribution in [1.29, 1.82) is 0 Å². The van der Waals surface area contributed by atoms with Crippen molar-refractivity contribution in [2.24, 2.45) is 0 Å². The number of aldehydes is 1. The highest BCUT2D eigenvalue weighted by Gasteiger charge is 1.99. The monoisotopic (exact) mass is 156 g/mol. The summed E-state index contributed by atoms with van der Waals surface area (Å²) in [5.74, 6) is 0. The van der Waals surface area contributed by atoms with Crippen LogP contribution < -0.4 is 10.4 Å². The fourth-order valence-electron chi connectivity index (χ4n) is 1.42. The Labute approximate surface area is 70.3 Å². The summed E-state index contributed by atoms with van der Waals surface area (Å²) in [6, 6.07) is 3.67. The summed E-state index contributed by atoms with van der Waals surface area (Å²) >= 11 is 0. The molecule has 0 radical (unpaired) electrons. The van der Waals surface area contributed by atoms with Gasteiger partial charge in [0.25, 0.3) is 0 Å². The Kier molecular flexibility index (Phi) is 1.44. The van der Waals surface area contributed by atoms with E-state index in [-0.39, 0.29) is 0 Å². The molecule has 0 saturated heterocycles. The highest BCUT2D eigenvalue weighted by molar-refractivity contribution is 5.78. The molecule has 0 amide bonds. The SMILES string of the molecule is C=c1cc(C=O)cc2c1=CC=C2. The number of fused-ring (bicyclic) bond motifs is 1. The van der Waals surface area contributed by atoms with E-state index >= 15 is 0 Å². The van der Waals surface area contributed by atoms with Gasteiger partial charge in [0.05, 0.1) is 0 Å². The second-order valence-electron chi connectivity index (χ2n) is 2.83. The van der Waals surface area contributed by atoms with Crippen LogP contribution in [0, 0.1) is 0 Å². The quantitative estimate of drug-likeness (QED) is 0.547. The van der Waals surface area contributed by atoms with Gasteiger partial charge in [0.2, 0.25) is 0 Å². The number of rotatable bonds is 1. The summed E-state index contributed by atoms with van der Waals surface area (Å²) in [5.41, 5.74) is 1.78. The lowest BCUT2D eigenvalue weighted by Gasteiger charge is -1.94. The second-order valence-corrected chi connectivity index (χ2v) is 2.83. The molecule has 0 heterocycles. The van der Waals surface area contributed by atoms with Crippen LogP contribution in [-0.4, -0.2) is 6.29 Å². The molecule has 0 unspecified atom stereocenters. The van der Waals surface area contributed by atoms with Gasteiger partial charge in [0, 0.05) is 5.56 Å². The zero-order chi connectivity index (χ0) is 8.55. The highest BCUT2D eigenvalue weighted by Crippen LogP contribution is 2.01. The van der Waals surface area contributed by atoms with E-state index in [0.29, 0.717) is 5.56 Å². The first-order valence-corrected chi connectivity index (χ1v) is 3.78. The third-order valence-electron chi connectivity index (χ3n) is 1.99. The molecule has 0 spiro atoms. The van der Waals surface area contributed by atoms with Crippen LogP contribution in [0.2, 0.25) is 0 Å². The Morgan fingerprint density at radius 1 is 1.33 bits per heavy atom. The van der Waals surface area contributed by atoms with Gasteiger partial charge < -0.3 is 0 Å². The first-order chi connectivity index (χ1) is 5.81. The largest absolute Gasteiger partial charge is 0.298 e. The van der Waals surface area contributed by atoms with Crippen molar-refractivity contribution < 1.29 is 4.79 Å². The van der Waals surface area contributed by atoms with Crippen LogP contribution in [0.25, 0.3) is 18.7 Å². The molecule has 0 fully saturated rings. The van der Waals surface area contributed by atoms with E-state index in [2.05, 4.69) is 6.58 Å². The Balaban J connectivity index is 2.86. The van der Waals surface area contributed by atoms with Crippen molar-refractivity contribution in [2.45, 2.75) is 0 Å². The first kappa shape index (κ1) is 7.04. The molecule has 0 saturated carbocycles. The molecule has 0 aromatic heterocycles. The molecule has 12 heavy (non-hydrogen) atoms. The van der Waals surface area contributed by atoms with Crippen molar-refractivity contribution in [1.82, 2.24) is 0 Å². The summed E-state index contributed by atoms with van der Waals surface area (Å²) in [4.78, 5) is 10.5. The van der Waals surface area contributed by atoms with E-state index in [1.807, 2.05) is 24.3 Å². The summed E-state index contributed by atoms with van der Waals surface area (Å²) in [6.45, 7) is 3.87. The minimum Gasteiger partial charge on any atom is -0.298 e. The smallest absolute Gasteiger partial charge is 0.150 e. The Bertz CT molecular complexity index is 467. The lowest BCUT2D eigenvalue weighted by Crippen LogP contribution is -2.24. The van der Waals surface area contributed by atoms with Gasteiger partial charge in [0.1, 0.15) is 6.29 Å². The summed E-state index contributed by atoms with van der Waals surface area (Å²) in [6.07, 6.45) is 6.80. The van der Waals surface area contributed by atoms with Gasteiger partial charge in [-0.05, 0) is 28.1 Å². The maximum absolute atomic E-state index is 10.5. The van der Waals surface area contributed by atoms with E-state index in [1.54, 1.807) is 6.07 Å². The summed E-state index contributed by atoms with van der Waals surface area (Å²) < 4.78 is 0. The molecule has 2 rings (SSSR count). The third-order valence-corrected chi connectivity index (χ3v) is 1.99. The standard InChI is InChI=1S/C11H8O/c1-8-5-9(7-12)6-10-3-2-4-11(8)10/h2-7H,1H2. The topological polar surface area (TPSA) is 17.1 Å². The minimum atomic E-state index is 0.693. The van der Waals surface area contributed by atoms with Gasteiger partial charge in [0.15, 0.2) is 0 Å². The molecule has 1 aromatic rings. The average molecular weight is 156 g/mol. The molecule has 1 aromatic carbocycles. The maximum Gasteiger partial charge on any atom is 0.150 e. The molecule has 1 aliphatic carbocycles. The molecule has 0 aliphatic heterocycles. The zero-order valence-corrected chi connectivity index (χ0v) is 6.58.